The van der Waals surface area contributed by atoms with Crippen molar-refractivity contribution < 1.29 is 4.52 Å². The second-order valence-electron chi connectivity index (χ2n) is 6.80. The number of nitrogens with zero attached hydrogens (tertiary/aromatic N) is 1. The molecule has 1 aromatic heterocycles. The molecule has 1 aromatic carbocycles. The Labute approximate surface area is 126 Å². The third-order valence-electron chi connectivity index (χ3n) is 4.67. The normalized spacial score (nSPS) is 17.6. The molecule has 2 nitrogen and oxygen atoms in total. The second kappa shape index (κ2) is 5.18. The van der Waals surface area contributed by atoms with Crippen molar-refractivity contribution >= 4 is 11.6 Å². The molecule has 1 aliphatic rings. The van der Waals surface area contributed by atoms with E-state index in [1.54, 1.807) is 6.20 Å². The molecule has 0 saturated heterocycles. The van der Waals surface area contributed by atoms with E-state index in [4.69, 9.17) is 4.52 Å². The first-order valence-corrected chi connectivity index (χ1v) is 7.71. The zero-order valence-corrected chi connectivity index (χ0v) is 13.4. The van der Waals surface area contributed by atoms with Crippen LogP contribution in [0.1, 0.15) is 61.6 Å². The molecule has 0 unspecified atom stereocenters. The lowest BCUT2D eigenvalue weighted by Gasteiger charge is -2.33. The minimum atomic E-state index is 0.280. The van der Waals surface area contributed by atoms with Gasteiger partial charge in [-0.1, -0.05) is 31.1 Å². The Bertz CT molecular complexity index is 678. The van der Waals surface area contributed by atoms with E-state index in [1.807, 2.05) is 6.07 Å². The van der Waals surface area contributed by atoms with E-state index >= 15 is 0 Å². The fourth-order valence-corrected chi connectivity index (χ4v) is 3.48. The Kier molecular flexibility index (Phi) is 3.48. The molecule has 2 aromatic rings. The highest BCUT2D eigenvalue weighted by Gasteiger charge is 2.28. The van der Waals surface area contributed by atoms with Gasteiger partial charge in [0.05, 0.1) is 6.20 Å². The summed E-state index contributed by atoms with van der Waals surface area (Å²) in [5.41, 5.74) is 7.22. The standard InChI is InChI=1S/C19H23NO/c1-13-10-15-6-5-8-19(3,4)18(15)12-17(13)14(2)11-16-7-9-20-21-16/h7,9-12H,5-6,8H2,1-4H3. The molecule has 1 heterocycles. The number of rotatable bonds is 2. The predicted molar refractivity (Wildman–Crippen MR) is 87.2 cm³/mol. The summed E-state index contributed by atoms with van der Waals surface area (Å²) in [6.45, 7) is 9.07. The van der Waals surface area contributed by atoms with E-state index in [1.165, 1.54) is 47.1 Å². The van der Waals surface area contributed by atoms with E-state index in [9.17, 15) is 0 Å². The molecule has 0 spiro atoms. The van der Waals surface area contributed by atoms with Crippen LogP contribution in [0.2, 0.25) is 0 Å². The molecule has 21 heavy (non-hydrogen) atoms. The largest absolute Gasteiger partial charge is 0.357 e. The van der Waals surface area contributed by atoms with E-state index in [0.29, 0.717) is 0 Å². The van der Waals surface area contributed by atoms with Crippen molar-refractivity contribution in [3.63, 3.8) is 0 Å². The van der Waals surface area contributed by atoms with Gasteiger partial charge in [0.1, 0.15) is 0 Å². The molecule has 1 aliphatic carbocycles. The molecule has 0 fully saturated rings. The van der Waals surface area contributed by atoms with Crippen LogP contribution in [0.15, 0.2) is 28.9 Å². The second-order valence-corrected chi connectivity index (χ2v) is 6.80. The first kappa shape index (κ1) is 14.1. The minimum absolute atomic E-state index is 0.280. The van der Waals surface area contributed by atoms with Gasteiger partial charge in [-0.15, -0.1) is 0 Å². The van der Waals surface area contributed by atoms with Crippen molar-refractivity contribution in [2.45, 2.75) is 52.4 Å². The van der Waals surface area contributed by atoms with E-state index < -0.39 is 0 Å². The van der Waals surface area contributed by atoms with Gasteiger partial charge in [-0.25, -0.2) is 0 Å². The lowest BCUT2D eigenvalue weighted by Crippen LogP contribution is -2.24. The van der Waals surface area contributed by atoms with Crippen LogP contribution in [-0.4, -0.2) is 5.16 Å². The molecule has 0 N–H and O–H groups in total. The van der Waals surface area contributed by atoms with Crippen LogP contribution in [0.25, 0.3) is 11.6 Å². The quantitative estimate of drug-likeness (QED) is 0.760. The zero-order chi connectivity index (χ0) is 15.0. The first-order chi connectivity index (χ1) is 9.97. The fraction of sp³-hybridized carbons (Fsp3) is 0.421. The SMILES string of the molecule is CC(=Cc1ccno1)c1cc2c(cc1C)CCCC2(C)C. The van der Waals surface area contributed by atoms with Gasteiger partial charge in [-0.3, -0.25) is 0 Å². The Morgan fingerprint density at radius 1 is 1.33 bits per heavy atom. The fourth-order valence-electron chi connectivity index (χ4n) is 3.48. The zero-order valence-electron chi connectivity index (χ0n) is 13.4. The van der Waals surface area contributed by atoms with Crippen molar-refractivity contribution in [1.29, 1.82) is 0 Å². The van der Waals surface area contributed by atoms with Crippen LogP contribution in [0.4, 0.5) is 0 Å². The van der Waals surface area contributed by atoms with Gasteiger partial charge in [0.2, 0.25) is 0 Å². The third kappa shape index (κ3) is 2.67. The van der Waals surface area contributed by atoms with Gasteiger partial charge in [-0.05, 0) is 72.4 Å². The Morgan fingerprint density at radius 2 is 2.14 bits per heavy atom. The average Bonchev–Trinajstić information content (AvgIpc) is 2.90. The number of aryl methyl sites for hydroxylation is 2. The van der Waals surface area contributed by atoms with Crippen LogP contribution >= 0.6 is 0 Å². The van der Waals surface area contributed by atoms with Crippen LogP contribution in [0, 0.1) is 6.92 Å². The number of fused-ring (bicyclic) bond motifs is 1. The van der Waals surface area contributed by atoms with Gasteiger partial charge in [-0.2, -0.15) is 0 Å². The molecular weight excluding hydrogens is 258 g/mol. The highest BCUT2D eigenvalue weighted by atomic mass is 16.5. The molecule has 0 atom stereocenters. The summed E-state index contributed by atoms with van der Waals surface area (Å²) in [6.07, 6.45) is 7.53. The molecule has 0 radical (unpaired) electrons. The lowest BCUT2D eigenvalue weighted by atomic mass is 9.71. The molecule has 0 amide bonds. The Balaban J connectivity index is 2.08. The van der Waals surface area contributed by atoms with Crippen LogP contribution in [0.5, 0.6) is 0 Å². The van der Waals surface area contributed by atoms with Crippen molar-refractivity contribution in [3.05, 3.63) is 52.4 Å². The molecular formula is C19H23NO. The molecule has 3 rings (SSSR count). The summed E-state index contributed by atoms with van der Waals surface area (Å²) in [6, 6.07) is 6.66. The van der Waals surface area contributed by atoms with E-state index in [2.05, 4.69) is 51.1 Å². The van der Waals surface area contributed by atoms with E-state index in [0.717, 1.165) is 5.76 Å². The van der Waals surface area contributed by atoms with Crippen LogP contribution in [0.3, 0.4) is 0 Å². The van der Waals surface area contributed by atoms with Crippen molar-refractivity contribution in [3.8, 4) is 0 Å². The number of hydrogen-bond acceptors (Lipinski definition) is 2. The van der Waals surface area contributed by atoms with E-state index in [-0.39, 0.29) is 5.41 Å². The van der Waals surface area contributed by atoms with Gasteiger partial charge in [0.15, 0.2) is 5.76 Å². The summed E-state index contributed by atoms with van der Waals surface area (Å²) in [5, 5.41) is 3.77. The topological polar surface area (TPSA) is 26.0 Å². The molecule has 0 saturated carbocycles. The monoisotopic (exact) mass is 281 g/mol. The van der Waals surface area contributed by atoms with Gasteiger partial charge >= 0.3 is 0 Å². The van der Waals surface area contributed by atoms with Gasteiger partial charge < -0.3 is 4.52 Å². The van der Waals surface area contributed by atoms with Gasteiger partial charge in [0, 0.05) is 6.07 Å². The van der Waals surface area contributed by atoms with Crippen molar-refractivity contribution in [1.82, 2.24) is 5.16 Å². The molecule has 0 aliphatic heterocycles. The maximum absolute atomic E-state index is 5.19. The maximum atomic E-state index is 5.19. The van der Waals surface area contributed by atoms with Crippen LogP contribution in [-0.2, 0) is 11.8 Å². The Morgan fingerprint density at radius 3 is 2.86 bits per heavy atom. The smallest absolute Gasteiger partial charge is 0.159 e. The van der Waals surface area contributed by atoms with Gasteiger partial charge in [0.25, 0.3) is 0 Å². The summed E-state index contributed by atoms with van der Waals surface area (Å²) in [7, 11) is 0. The number of allylic oxidation sites excluding steroid dienone is 1. The highest BCUT2D eigenvalue weighted by molar-refractivity contribution is 5.80. The maximum Gasteiger partial charge on any atom is 0.159 e. The predicted octanol–water partition coefficient (Wildman–Crippen LogP) is 5.16. The Hall–Kier alpha value is -1.83. The lowest BCUT2D eigenvalue weighted by molar-refractivity contribution is 0.413. The summed E-state index contributed by atoms with van der Waals surface area (Å²) >= 11 is 0. The van der Waals surface area contributed by atoms with Crippen molar-refractivity contribution in [2.75, 3.05) is 0 Å². The summed E-state index contributed by atoms with van der Waals surface area (Å²) in [4.78, 5) is 0. The molecule has 2 heteroatoms. The highest BCUT2D eigenvalue weighted by Crippen LogP contribution is 2.39. The first-order valence-electron chi connectivity index (χ1n) is 7.71. The summed E-state index contributed by atoms with van der Waals surface area (Å²) in [5.74, 6) is 0.809. The third-order valence-corrected chi connectivity index (χ3v) is 4.67. The number of hydrogen-bond donors (Lipinski definition) is 0. The molecule has 110 valence electrons. The van der Waals surface area contributed by atoms with Crippen molar-refractivity contribution in [2.24, 2.45) is 0 Å². The number of aromatic nitrogens is 1. The number of benzene rings is 1. The summed E-state index contributed by atoms with van der Waals surface area (Å²) < 4.78 is 5.19. The minimum Gasteiger partial charge on any atom is -0.357 e. The average molecular weight is 281 g/mol. The molecule has 0 bridgehead atoms. The van der Waals surface area contributed by atoms with Crippen LogP contribution < -0.4 is 0 Å².